The smallest absolute Gasteiger partial charge is 0.497 e. The molecule has 2 N–H and O–H groups in total. The van der Waals surface area contributed by atoms with Gasteiger partial charge in [0.15, 0.2) is 10.9 Å². The van der Waals surface area contributed by atoms with Gasteiger partial charge in [0.25, 0.3) is 0 Å². The highest BCUT2D eigenvalue weighted by Crippen LogP contribution is 2.41. The van der Waals surface area contributed by atoms with Crippen molar-refractivity contribution in [2.75, 3.05) is 12.4 Å². The van der Waals surface area contributed by atoms with Crippen LogP contribution in [0.15, 0.2) is 73.1 Å². The van der Waals surface area contributed by atoms with E-state index >= 15 is 0 Å². The highest BCUT2D eigenvalue weighted by molar-refractivity contribution is 7.80. The molecule has 208 valence electrons. The molecule has 11 heteroatoms. The summed E-state index contributed by atoms with van der Waals surface area (Å²) in [7, 11) is 1.66. The molecule has 4 aromatic rings. The average molecular weight is 568 g/mol. The van der Waals surface area contributed by atoms with Crippen molar-refractivity contribution >= 4 is 23.0 Å². The highest BCUT2D eigenvalue weighted by atomic mass is 32.1. The van der Waals surface area contributed by atoms with Gasteiger partial charge in [-0.2, -0.15) is 0 Å². The number of hydrogen-bond donors (Lipinski definition) is 2. The molecule has 0 spiro atoms. The van der Waals surface area contributed by atoms with E-state index < -0.39 is 6.36 Å². The number of methoxy groups -OCH3 is 1. The molecule has 40 heavy (non-hydrogen) atoms. The fourth-order valence-electron chi connectivity index (χ4n) is 4.51. The van der Waals surface area contributed by atoms with E-state index in [1.165, 1.54) is 40.8 Å². The van der Waals surface area contributed by atoms with Crippen molar-refractivity contribution in [2.24, 2.45) is 0 Å². The topological polar surface area (TPSA) is 73.2 Å². The molecule has 0 saturated heterocycles. The van der Waals surface area contributed by atoms with Gasteiger partial charge in [-0.05, 0) is 78.1 Å². The number of alkyl halides is 3. The van der Waals surface area contributed by atoms with E-state index in [2.05, 4.69) is 51.4 Å². The predicted octanol–water partition coefficient (Wildman–Crippen LogP) is 6.81. The van der Waals surface area contributed by atoms with E-state index in [0.717, 1.165) is 29.0 Å². The molecule has 7 nitrogen and oxygen atoms in total. The van der Waals surface area contributed by atoms with Crippen LogP contribution >= 0.6 is 12.2 Å². The minimum Gasteiger partial charge on any atom is -0.497 e. The Morgan fingerprint density at radius 3 is 2.38 bits per heavy atom. The number of halogens is 3. The SMILES string of the molecule is COc1ccc(NC(=S)NC2CC2c2ccc(-c3ncn(-c4ccc(OC(F)(F)F)cc4)n3)cc2)c(C(C)C)c1. The van der Waals surface area contributed by atoms with E-state index in [-0.39, 0.29) is 11.8 Å². The lowest BCUT2D eigenvalue weighted by atomic mass is 10.0. The van der Waals surface area contributed by atoms with Crippen molar-refractivity contribution in [3.8, 4) is 28.6 Å². The maximum absolute atomic E-state index is 12.4. The number of ether oxygens (including phenoxy) is 2. The Bertz CT molecular complexity index is 1490. The van der Waals surface area contributed by atoms with Crippen molar-refractivity contribution in [1.29, 1.82) is 0 Å². The Hall–Kier alpha value is -4.12. The van der Waals surface area contributed by atoms with Crippen molar-refractivity contribution in [2.45, 2.75) is 44.5 Å². The Morgan fingerprint density at radius 1 is 1.02 bits per heavy atom. The first-order chi connectivity index (χ1) is 19.1. The number of anilines is 1. The number of thiocarbonyl (C=S) groups is 1. The largest absolute Gasteiger partial charge is 0.573 e. The van der Waals surface area contributed by atoms with Crippen LogP contribution in [-0.2, 0) is 0 Å². The second-order valence-electron chi connectivity index (χ2n) is 9.83. The second kappa shape index (κ2) is 11.2. The lowest BCUT2D eigenvalue weighted by molar-refractivity contribution is -0.274. The molecule has 0 aliphatic heterocycles. The van der Waals surface area contributed by atoms with Gasteiger partial charge in [0.2, 0.25) is 0 Å². The van der Waals surface area contributed by atoms with Gasteiger partial charge in [0, 0.05) is 23.2 Å². The molecule has 2 unspecified atom stereocenters. The molecule has 0 radical (unpaired) electrons. The van der Waals surface area contributed by atoms with Gasteiger partial charge in [-0.3, -0.25) is 0 Å². The van der Waals surface area contributed by atoms with Crippen LogP contribution in [0.2, 0.25) is 0 Å². The Kier molecular flexibility index (Phi) is 7.66. The second-order valence-corrected chi connectivity index (χ2v) is 10.2. The Labute approximate surface area is 235 Å². The molecule has 0 amide bonds. The van der Waals surface area contributed by atoms with Crippen LogP contribution in [0.4, 0.5) is 18.9 Å². The van der Waals surface area contributed by atoms with E-state index in [9.17, 15) is 13.2 Å². The molecule has 1 fully saturated rings. The summed E-state index contributed by atoms with van der Waals surface area (Å²) < 4.78 is 47.9. The summed E-state index contributed by atoms with van der Waals surface area (Å²) in [6.45, 7) is 4.26. The van der Waals surface area contributed by atoms with Crippen molar-refractivity contribution in [1.82, 2.24) is 20.1 Å². The lowest BCUT2D eigenvalue weighted by Crippen LogP contribution is -2.31. The molecular weight excluding hydrogens is 539 g/mol. The average Bonchev–Trinajstić information content (AvgIpc) is 3.49. The third-order valence-electron chi connectivity index (χ3n) is 6.66. The molecule has 2 atom stereocenters. The van der Waals surface area contributed by atoms with Crippen LogP contribution in [0.5, 0.6) is 11.5 Å². The summed E-state index contributed by atoms with van der Waals surface area (Å²) in [6, 6.07) is 19.7. The number of nitrogens with one attached hydrogen (secondary N) is 2. The first-order valence-corrected chi connectivity index (χ1v) is 13.1. The molecule has 1 aliphatic rings. The minimum absolute atomic E-state index is 0.244. The predicted molar refractivity (Wildman–Crippen MR) is 151 cm³/mol. The fourth-order valence-corrected chi connectivity index (χ4v) is 4.77. The quantitative estimate of drug-likeness (QED) is 0.227. The fraction of sp³-hybridized carbons (Fsp3) is 0.276. The van der Waals surface area contributed by atoms with Crippen LogP contribution in [0.3, 0.4) is 0 Å². The van der Waals surface area contributed by atoms with Crippen molar-refractivity contribution in [3.05, 3.63) is 84.2 Å². The standard InChI is InChI=1S/C29H28F3N5O2S/c1-17(2)23-14-22(38-3)12-13-25(23)34-28(40)35-26-15-24(26)18-4-6-19(7-5-18)27-33-16-37(36-27)20-8-10-21(11-9-20)39-29(30,31)32/h4-14,16-17,24,26H,15H2,1-3H3,(H2,34,35,40). The first kappa shape index (κ1) is 27.4. The minimum atomic E-state index is -4.73. The summed E-state index contributed by atoms with van der Waals surface area (Å²) in [5, 5.41) is 11.8. The summed E-state index contributed by atoms with van der Waals surface area (Å²) in [5.41, 5.74) is 4.69. The highest BCUT2D eigenvalue weighted by Gasteiger charge is 2.39. The van der Waals surface area contributed by atoms with E-state index in [1.54, 1.807) is 7.11 Å². The third kappa shape index (κ3) is 6.53. The maximum Gasteiger partial charge on any atom is 0.573 e. The summed E-state index contributed by atoms with van der Waals surface area (Å²) in [4.78, 5) is 4.35. The number of aromatic nitrogens is 3. The Morgan fingerprint density at radius 2 is 1.73 bits per heavy atom. The van der Waals surface area contributed by atoms with Gasteiger partial charge < -0.3 is 20.1 Å². The van der Waals surface area contributed by atoms with Crippen LogP contribution in [0.1, 0.15) is 43.2 Å². The molecule has 1 heterocycles. The monoisotopic (exact) mass is 567 g/mol. The molecule has 1 saturated carbocycles. The van der Waals surface area contributed by atoms with Gasteiger partial charge in [-0.25, -0.2) is 9.67 Å². The van der Waals surface area contributed by atoms with Crippen LogP contribution in [0.25, 0.3) is 17.1 Å². The van der Waals surface area contributed by atoms with E-state index in [1.807, 2.05) is 30.3 Å². The maximum atomic E-state index is 12.4. The van der Waals surface area contributed by atoms with Crippen molar-refractivity contribution in [3.63, 3.8) is 0 Å². The Balaban J connectivity index is 1.18. The lowest BCUT2D eigenvalue weighted by Gasteiger charge is -2.17. The van der Waals surface area contributed by atoms with Gasteiger partial charge in [0.1, 0.15) is 17.8 Å². The summed E-state index contributed by atoms with van der Waals surface area (Å²) >= 11 is 5.59. The van der Waals surface area contributed by atoms with Gasteiger partial charge in [-0.15, -0.1) is 18.3 Å². The normalized spacial score (nSPS) is 16.5. The van der Waals surface area contributed by atoms with E-state index in [0.29, 0.717) is 28.5 Å². The van der Waals surface area contributed by atoms with Gasteiger partial charge >= 0.3 is 6.36 Å². The number of hydrogen-bond acceptors (Lipinski definition) is 5. The molecule has 0 bridgehead atoms. The molecule has 5 rings (SSSR count). The molecule has 1 aliphatic carbocycles. The molecular formula is C29H28F3N5O2S. The zero-order valence-corrected chi connectivity index (χ0v) is 22.9. The van der Waals surface area contributed by atoms with Gasteiger partial charge in [0.05, 0.1) is 12.8 Å². The summed E-state index contributed by atoms with van der Waals surface area (Å²) in [6.07, 6.45) is -2.24. The zero-order valence-electron chi connectivity index (χ0n) is 22.1. The number of nitrogens with zero attached hydrogens (tertiary/aromatic N) is 3. The van der Waals surface area contributed by atoms with Gasteiger partial charge in [-0.1, -0.05) is 38.1 Å². The summed E-state index contributed by atoms with van der Waals surface area (Å²) in [5.74, 6) is 1.69. The van der Waals surface area contributed by atoms with Crippen LogP contribution < -0.4 is 20.1 Å². The number of benzene rings is 3. The molecule has 1 aromatic heterocycles. The third-order valence-corrected chi connectivity index (χ3v) is 6.88. The first-order valence-electron chi connectivity index (χ1n) is 12.7. The van der Waals surface area contributed by atoms with Crippen LogP contribution in [-0.4, -0.2) is 39.4 Å². The number of rotatable bonds is 8. The molecule has 3 aromatic carbocycles. The van der Waals surface area contributed by atoms with Crippen LogP contribution in [0, 0.1) is 0 Å². The van der Waals surface area contributed by atoms with E-state index in [4.69, 9.17) is 17.0 Å². The van der Waals surface area contributed by atoms with Crippen molar-refractivity contribution < 1.29 is 22.6 Å². The zero-order chi connectivity index (χ0) is 28.4.